The molecule has 3 rings (SSSR count). The van der Waals surface area contributed by atoms with Crippen molar-refractivity contribution in [2.45, 2.75) is 13.5 Å². The van der Waals surface area contributed by atoms with Crippen LogP contribution in [0.25, 0.3) is 10.9 Å². The molecule has 0 atom stereocenters. The zero-order valence-corrected chi connectivity index (χ0v) is 13.5. The first kappa shape index (κ1) is 15.8. The number of carbonyl (C=O) groups is 2. The zero-order chi connectivity index (χ0) is 16.9. The number of amides is 2. The van der Waals surface area contributed by atoms with E-state index in [9.17, 15) is 9.59 Å². The fourth-order valence-electron chi connectivity index (χ4n) is 2.67. The van der Waals surface area contributed by atoms with Crippen molar-refractivity contribution in [3.05, 3.63) is 66.4 Å². The first-order valence-electron chi connectivity index (χ1n) is 7.83. The van der Waals surface area contributed by atoms with Gasteiger partial charge in [0, 0.05) is 43.0 Å². The van der Waals surface area contributed by atoms with Gasteiger partial charge in [-0.2, -0.15) is 0 Å². The number of rotatable bonds is 5. The van der Waals surface area contributed by atoms with Crippen LogP contribution in [0.1, 0.15) is 17.3 Å². The Morgan fingerprint density at radius 1 is 1.04 bits per heavy atom. The Kier molecular flexibility index (Phi) is 4.61. The minimum atomic E-state index is -0.160. The molecule has 0 unspecified atom stereocenters. The Morgan fingerprint density at radius 2 is 1.88 bits per heavy atom. The van der Waals surface area contributed by atoms with Crippen molar-refractivity contribution in [2.24, 2.45) is 0 Å². The van der Waals surface area contributed by atoms with Crippen LogP contribution in [0, 0.1) is 0 Å². The van der Waals surface area contributed by atoms with E-state index >= 15 is 0 Å². The summed E-state index contributed by atoms with van der Waals surface area (Å²) in [5.41, 5.74) is 2.30. The molecule has 3 aromatic rings. The lowest BCUT2D eigenvalue weighted by molar-refractivity contribution is -0.114. The molecule has 5 heteroatoms. The number of carbonyl (C=O) groups excluding carboxylic acids is 2. The fourth-order valence-corrected chi connectivity index (χ4v) is 2.67. The molecule has 0 aliphatic carbocycles. The quantitative estimate of drug-likeness (QED) is 0.759. The van der Waals surface area contributed by atoms with Gasteiger partial charge >= 0.3 is 0 Å². The summed E-state index contributed by atoms with van der Waals surface area (Å²) in [5.74, 6) is -0.314. The lowest BCUT2D eigenvalue weighted by atomic mass is 10.2. The lowest BCUT2D eigenvalue weighted by Gasteiger charge is -2.09. The second kappa shape index (κ2) is 7.00. The Bertz CT molecular complexity index is 883. The maximum atomic E-state index is 12.2. The molecule has 0 radical (unpaired) electrons. The monoisotopic (exact) mass is 321 g/mol. The van der Waals surface area contributed by atoms with Crippen LogP contribution in [0.5, 0.6) is 0 Å². The summed E-state index contributed by atoms with van der Waals surface area (Å²) in [7, 11) is 0. The van der Waals surface area contributed by atoms with E-state index in [1.54, 1.807) is 24.3 Å². The number of hydrogen-bond acceptors (Lipinski definition) is 2. The predicted molar refractivity (Wildman–Crippen MR) is 95.0 cm³/mol. The minimum Gasteiger partial charge on any atom is -0.350 e. The van der Waals surface area contributed by atoms with Crippen LogP contribution < -0.4 is 10.6 Å². The standard InChI is InChI=1S/C19H19N3O2/c1-14(23)21-17-7-4-6-16(13-17)19(24)20-10-12-22-11-9-15-5-2-3-8-18(15)22/h2-9,11,13H,10,12H2,1H3,(H,20,24)(H,21,23). The third kappa shape index (κ3) is 3.63. The molecule has 0 aliphatic rings. The molecular weight excluding hydrogens is 302 g/mol. The van der Waals surface area contributed by atoms with Crippen molar-refractivity contribution < 1.29 is 9.59 Å². The van der Waals surface area contributed by atoms with Crippen molar-refractivity contribution >= 4 is 28.4 Å². The molecule has 2 N–H and O–H groups in total. The minimum absolute atomic E-state index is 0.154. The topological polar surface area (TPSA) is 63.1 Å². The summed E-state index contributed by atoms with van der Waals surface area (Å²) in [6.45, 7) is 2.67. The smallest absolute Gasteiger partial charge is 0.251 e. The second-order valence-electron chi connectivity index (χ2n) is 5.59. The van der Waals surface area contributed by atoms with Gasteiger partial charge in [-0.25, -0.2) is 0 Å². The molecule has 1 aromatic heterocycles. The molecule has 0 fully saturated rings. The summed E-state index contributed by atoms with van der Waals surface area (Å²) in [6.07, 6.45) is 2.02. The number of aromatic nitrogens is 1. The Hall–Kier alpha value is -3.08. The van der Waals surface area contributed by atoms with Gasteiger partial charge < -0.3 is 15.2 Å². The number of hydrogen-bond donors (Lipinski definition) is 2. The Balaban J connectivity index is 1.60. The number of anilines is 1. The van der Waals surface area contributed by atoms with Crippen molar-refractivity contribution in [3.63, 3.8) is 0 Å². The van der Waals surface area contributed by atoms with Crippen molar-refractivity contribution in [1.29, 1.82) is 0 Å². The summed E-state index contributed by atoms with van der Waals surface area (Å²) in [5, 5.41) is 6.77. The molecule has 0 aliphatic heterocycles. The lowest BCUT2D eigenvalue weighted by Crippen LogP contribution is -2.27. The highest BCUT2D eigenvalue weighted by molar-refractivity contribution is 5.96. The van der Waals surface area contributed by atoms with Crippen molar-refractivity contribution in [1.82, 2.24) is 9.88 Å². The first-order valence-corrected chi connectivity index (χ1v) is 7.83. The van der Waals surface area contributed by atoms with Gasteiger partial charge in [-0.3, -0.25) is 9.59 Å². The van der Waals surface area contributed by atoms with Crippen LogP contribution in [0.2, 0.25) is 0 Å². The van der Waals surface area contributed by atoms with E-state index < -0.39 is 0 Å². The molecule has 0 saturated heterocycles. The van der Waals surface area contributed by atoms with Crippen molar-refractivity contribution in [2.75, 3.05) is 11.9 Å². The van der Waals surface area contributed by atoms with Crippen LogP contribution in [0.15, 0.2) is 60.8 Å². The number of nitrogens with one attached hydrogen (secondary N) is 2. The average Bonchev–Trinajstić information content (AvgIpc) is 2.98. The number of fused-ring (bicyclic) bond motifs is 1. The largest absolute Gasteiger partial charge is 0.350 e. The van der Waals surface area contributed by atoms with Gasteiger partial charge in [0.15, 0.2) is 0 Å². The van der Waals surface area contributed by atoms with E-state index in [2.05, 4.69) is 33.4 Å². The predicted octanol–water partition coefficient (Wildman–Crippen LogP) is 3.03. The van der Waals surface area contributed by atoms with E-state index in [-0.39, 0.29) is 11.8 Å². The van der Waals surface area contributed by atoms with Gasteiger partial charge in [0.05, 0.1) is 0 Å². The molecule has 24 heavy (non-hydrogen) atoms. The van der Waals surface area contributed by atoms with Gasteiger partial charge in [0.1, 0.15) is 0 Å². The number of para-hydroxylation sites is 1. The van der Waals surface area contributed by atoms with Crippen LogP contribution in [-0.4, -0.2) is 22.9 Å². The SMILES string of the molecule is CC(=O)Nc1cccc(C(=O)NCCn2ccc3ccccc32)c1. The highest BCUT2D eigenvalue weighted by atomic mass is 16.2. The molecule has 0 spiro atoms. The molecule has 122 valence electrons. The van der Waals surface area contributed by atoms with Gasteiger partial charge in [-0.1, -0.05) is 24.3 Å². The second-order valence-corrected chi connectivity index (χ2v) is 5.59. The Morgan fingerprint density at radius 3 is 2.71 bits per heavy atom. The molecule has 0 bridgehead atoms. The Labute approximate surface area is 140 Å². The van der Waals surface area contributed by atoms with Gasteiger partial charge in [-0.05, 0) is 35.7 Å². The molecule has 2 aromatic carbocycles. The summed E-state index contributed by atoms with van der Waals surface area (Å²) >= 11 is 0. The van der Waals surface area contributed by atoms with Gasteiger partial charge in [-0.15, -0.1) is 0 Å². The highest BCUT2D eigenvalue weighted by Gasteiger charge is 2.07. The summed E-state index contributed by atoms with van der Waals surface area (Å²) < 4.78 is 2.11. The van der Waals surface area contributed by atoms with Crippen molar-refractivity contribution in [3.8, 4) is 0 Å². The fraction of sp³-hybridized carbons (Fsp3) is 0.158. The molecule has 0 saturated carbocycles. The van der Waals surface area contributed by atoms with Crippen LogP contribution >= 0.6 is 0 Å². The van der Waals surface area contributed by atoms with Gasteiger partial charge in [0.25, 0.3) is 5.91 Å². The molecule has 2 amide bonds. The van der Waals surface area contributed by atoms with E-state index in [4.69, 9.17) is 0 Å². The third-order valence-electron chi connectivity index (χ3n) is 3.76. The zero-order valence-electron chi connectivity index (χ0n) is 13.5. The summed E-state index contributed by atoms with van der Waals surface area (Å²) in [4.78, 5) is 23.3. The number of benzene rings is 2. The van der Waals surface area contributed by atoms with E-state index in [0.717, 1.165) is 5.52 Å². The van der Waals surface area contributed by atoms with Crippen LogP contribution in [0.4, 0.5) is 5.69 Å². The average molecular weight is 321 g/mol. The van der Waals surface area contributed by atoms with E-state index in [1.165, 1.54) is 12.3 Å². The number of nitrogens with zero attached hydrogens (tertiary/aromatic N) is 1. The molecule has 1 heterocycles. The van der Waals surface area contributed by atoms with Crippen LogP contribution in [0.3, 0.4) is 0 Å². The first-order chi connectivity index (χ1) is 11.6. The molecule has 5 nitrogen and oxygen atoms in total. The van der Waals surface area contributed by atoms with Gasteiger partial charge in [0.2, 0.25) is 5.91 Å². The molecular formula is C19H19N3O2. The maximum Gasteiger partial charge on any atom is 0.251 e. The van der Waals surface area contributed by atoms with E-state index in [0.29, 0.717) is 24.3 Å². The maximum absolute atomic E-state index is 12.2. The van der Waals surface area contributed by atoms with Crippen LogP contribution in [-0.2, 0) is 11.3 Å². The van der Waals surface area contributed by atoms with E-state index in [1.807, 2.05) is 18.3 Å². The highest BCUT2D eigenvalue weighted by Crippen LogP contribution is 2.14. The third-order valence-corrected chi connectivity index (χ3v) is 3.76. The normalized spacial score (nSPS) is 10.5. The summed E-state index contributed by atoms with van der Waals surface area (Å²) in [6, 6.07) is 17.1.